The van der Waals surface area contributed by atoms with Gasteiger partial charge in [-0.3, -0.25) is 4.79 Å². The first-order valence-electron chi connectivity index (χ1n) is 7.93. The number of pyridine rings is 1. The second kappa shape index (κ2) is 9.22. The zero-order valence-corrected chi connectivity index (χ0v) is 16.9. The maximum absolute atomic E-state index is 13.2. The van der Waals surface area contributed by atoms with Gasteiger partial charge in [0.15, 0.2) is 16.1 Å². The van der Waals surface area contributed by atoms with Crippen LogP contribution < -0.4 is 10.1 Å². The third kappa shape index (κ3) is 5.12. The molecule has 1 amide bonds. The van der Waals surface area contributed by atoms with E-state index in [1.807, 2.05) is 0 Å². The summed E-state index contributed by atoms with van der Waals surface area (Å²) in [5.41, 5.74) is 0.444. The number of aromatic nitrogens is 4. The third-order valence-corrected chi connectivity index (χ3v) is 5.16. The van der Waals surface area contributed by atoms with Crippen LogP contribution in [0.3, 0.4) is 0 Å². The van der Waals surface area contributed by atoms with Crippen LogP contribution in [0.2, 0.25) is 10.2 Å². The number of anilines is 1. The van der Waals surface area contributed by atoms with E-state index in [9.17, 15) is 9.18 Å². The van der Waals surface area contributed by atoms with E-state index in [1.165, 1.54) is 36.2 Å². The maximum atomic E-state index is 13.2. The van der Waals surface area contributed by atoms with Gasteiger partial charge in [-0.1, -0.05) is 35.0 Å². The molecule has 2 aromatic heterocycles. The lowest BCUT2D eigenvalue weighted by Gasteiger charge is -2.08. The minimum Gasteiger partial charge on any atom is -0.486 e. The van der Waals surface area contributed by atoms with Gasteiger partial charge in [-0.25, -0.2) is 9.37 Å². The Labute approximate surface area is 174 Å². The van der Waals surface area contributed by atoms with Crippen LogP contribution in [0.25, 0.3) is 0 Å². The first kappa shape index (κ1) is 20.4. The molecule has 0 aliphatic carbocycles. The highest BCUT2D eigenvalue weighted by atomic mass is 35.5. The number of halogens is 3. The van der Waals surface area contributed by atoms with E-state index >= 15 is 0 Å². The van der Waals surface area contributed by atoms with Crippen molar-refractivity contribution in [1.29, 1.82) is 0 Å². The number of amides is 1. The summed E-state index contributed by atoms with van der Waals surface area (Å²) in [4.78, 5) is 16.0. The molecule has 0 fully saturated rings. The van der Waals surface area contributed by atoms with Gasteiger partial charge in [0.2, 0.25) is 5.91 Å². The molecule has 2 heterocycles. The SMILES string of the molecule is Cn1c(COc2ccc(F)c(Cl)c2)nnc1SCC(=O)Nc1cccnc1Cl. The van der Waals surface area contributed by atoms with Crippen LogP contribution in [0.15, 0.2) is 41.7 Å². The molecule has 11 heteroatoms. The smallest absolute Gasteiger partial charge is 0.234 e. The van der Waals surface area contributed by atoms with Crippen molar-refractivity contribution in [2.75, 3.05) is 11.1 Å². The molecule has 0 aliphatic heterocycles. The Morgan fingerprint density at radius 2 is 2.14 bits per heavy atom. The Balaban J connectivity index is 1.54. The molecule has 0 saturated carbocycles. The van der Waals surface area contributed by atoms with E-state index in [2.05, 4.69) is 20.5 Å². The second-order valence-electron chi connectivity index (χ2n) is 5.50. The predicted molar refractivity (Wildman–Crippen MR) is 105 cm³/mol. The monoisotopic (exact) mass is 441 g/mol. The summed E-state index contributed by atoms with van der Waals surface area (Å²) in [6.45, 7) is 0.115. The number of hydrogen-bond donors (Lipinski definition) is 1. The Morgan fingerprint density at radius 3 is 2.89 bits per heavy atom. The molecule has 0 unspecified atom stereocenters. The molecular weight excluding hydrogens is 428 g/mol. The highest BCUT2D eigenvalue weighted by molar-refractivity contribution is 7.99. The van der Waals surface area contributed by atoms with Crippen LogP contribution >= 0.6 is 35.0 Å². The molecule has 0 bridgehead atoms. The van der Waals surface area contributed by atoms with Crippen molar-refractivity contribution < 1.29 is 13.9 Å². The fourth-order valence-electron chi connectivity index (χ4n) is 2.11. The number of nitrogens with zero attached hydrogens (tertiary/aromatic N) is 4. The highest BCUT2D eigenvalue weighted by Crippen LogP contribution is 2.23. The summed E-state index contributed by atoms with van der Waals surface area (Å²) in [6, 6.07) is 7.43. The van der Waals surface area contributed by atoms with Crippen LogP contribution in [0.5, 0.6) is 5.75 Å². The summed E-state index contributed by atoms with van der Waals surface area (Å²) < 4.78 is 20.4. The van der Waals surface area contributed by atoms with Gasteiger partial charge >= 0.3 is 0 Å². The fourth-order valence-corrected chi connectivity index (χ4v) is 3.17. The van der Waals surface area contributed by atoms with Gasteiger partial charge < -0.3 is 14.6 Å². The highest BCUT2D eigenvalue weighted by Gasteiger charge is 2.13. The van der Waals surface area contributed by atoms with Crippen molar-refractivity contribution in [3.63, 3.8) is 0 Å². The molecule has 0 atom stereocenters. The molecule has 3 rings (SSSR count). The summed E-state index contributed by atoms with van der Waals surface area (Å²) in [5, 5.41) is 11.5. The van der Waals surface area contributed by atoms with E-state index < -0.39 is 5.82 Å². The molecule has 0 aliphatic rings. The minimum absolute atomic E-state index is 0.0218. The molecule has 1 N–H and O–H groups in total. The Morgan fingerprint density at radius 1 is 1.32 bits per heavy atom. The van der Waals surface area contributed by atoms with Gasteiger partial charge in [-0.15, -0.1) is 10.2 Å². The standard InChI is InChI=1S/C17H14Cl2FN5O2S/c1-25-14(8-27-10-4-5-12(20)11(18)7-10)23-24-17(25)28-9-15(26)22-13-3-2-6-21-16(13)19/h2-7H,8-9H2,1H3,(H,22,26). The van der Waals surface area contributed by atoms with Crippen molar-refractivity contribution in [2.45, 2.75) is 11.8 Å². The fraction of sp³-hybridized carbons (Fsp3) is 0.176. The van der Waals surface area contributed by atoms with Crippen LogP contribution in [0.4, 0.5) is 10.1 Å². The van der Waals surface area contributed by atoms with Crippen LogP contribution in [0, 0.1) is 5.82 Å². The molecule has 7 nitrogen and oxygen atoms in total. The summed E-state index contributed by atoms with van der Waals surface area (Å²) >= 11 is 12.9. The van der Waals surface area contributed by atoms with E-state index in [0.717, 1.165) is 0 Å². The number of nitrogens with one attached hydrogen (secondary N) is 1. The van der Waals surface area contributed by atoms with Gasteiger partial charge in [0.05, 0.1) is 16.5 Å². The molecule has 146 valence electrons. The van der Waals surface area contributed by atoms with Gasteiger partial charge in [0.1, 0.15) is 18.2 Å². The van der Waals surface area contributed by atoms with Gasteiger partial charge in [-0.2, -0.15) is 0 Å². The zero-order chi connectivity index (χ0) is 20.1. The van der Waals surface area contributed by atoms with E-state index in [4.69, 9.17) is 27.9 Å². The van der Waals surface area contributed by atoms with Crippen LogP contribution in [-0.2, 0) is 18.4 Å². The third-order valence-electron chi connectivity index (χ3n) is 3.55. The number of hydrogen-bond acceptors (Lipinski definition) is 6. The average Bonchev–Trinajstić information content (AvgIpc) is 3.03. The first-order valence-corrected chi connectivity index (χ1v) is 9.67. The number of ether oxygens (including phenoxy) is 1. The van der Waals surface area contributed by atoms with Crippen LogP contribution in [-0.4, -0.2) is 31.4 Å². The number of carbonyl (C=O) groups is 1. The topological polar surface area (TPSA) is 81.9 Å². The maximum Gasteiger partial charge on any atom is 0.234 e. The Hall–Kier alpha value is -2.36. The second-order valence-corrected chi connectivity index (χ2v) is 7.21. The van der Waals surface area contributed by atoms with Gasteiger partial charge in [0.25, 0.3) is 0 Å². The largest absolute Gasteiger partial charge is 0.486 e. The molecule has 0 saturated heterocycles. The number of thioether (sulfide) groups is 1. The minimum atomic E-state index is -0.516. The van der Waals surface area contributed by atoms with E-state index in [0.29, 0.717) is 22.4 Å². The van der Waals surface area contributed by atoms with Crippen LogP contribution in [0.1, 0.15) is 5.82 Å². The molecule has 0 spiro atoms. The number of carbonyl (C=O) groups excluding carboxylic acids is 1. The molecule has 0 radical (unpaired) electrons. The normalized spacial score (nSPS) is 10.7. The van der Waals surface area contributed by atoms with E-state index in [-0.39, 0.29) is 28.4 Å². The lowest BCUT2D eigenvalue weighted by Crippen LogP contribution is -2.15. The molecule has 1 aromatic carbocycles. The van der Waals surface area contributed by atoms with Crippen molar-refractivity contribution in [3.8, 4) is 5.75 Å². The number of rotatable bonds is 7. The number of benzene rings is 1. The van der Waals surface area contributed by atoms with Crippen molar-refractivity contribution in [3.05, 3.63) is 58.3 Å². The average molecular weight is 442 g/mol. The molecule has 28 heavy (non-hydrogen) atoms. The molecular formula is C17H14Cl2FN5O2S. The van der Waals surface area contributed by atoms with Crippen molar-refractivity contribution >= 4 is 46.6 Å². The van der Waals surface area contributed by atoms with Crippen molar-refractivity contribution in [1.82, 2.24) is 19.7 Å². The molecule has 3 aromatic rings. The predicted octanol–water partition coefficient (Wildman–Crippen LogP) is 3.97. The Bertz CT molecular complexity index is 1000. The summed E-state index contributed by atoms with van der Waals surface area (Å²) in [7, 11) is 1.76. The van der Waals surface area contributed by atoms with Gasteiger partial charge in [0, 0.05) is 19.3 Å². The quantitative estimate of drug-likeness (QED) is 0.441. The lowest BCUT2D eigenvalue weighted by molar-refractivity contribution is -0.113. The van der Waals surface area contributed by atoms with Crippen molar-refractivity contribution in [2.24, 2.45) is 7.05 Å². The first-order chi connectivity index (χ1) is 13.4. The summed E-state index contributed by atoms with van der Waals surface area (Å²) in [6.07, 6.45) is 1.54. The lowest BCUT2D eigenvalue weighted by atomic mass is 10.3. The van der Waals surface area contributed by atoms with E-state index in [1.54, 1.807) is 23.7 Å². The zero-order valence-electron chi connectivity index (χ0n) is 14.5. The Kier molecular flexibility index (Phi) is 6.71. The summed E-state index contributed by atoms with van der Waals surface area (Å²) in [5.74, 6) is 0.305. The van der Waals surface area contributed by atoms with Gasteiger partial charge in [-0.05, 0) is 24.3 Å².